The average molecular weight is 522 g/mol. The van der Waals surface area contributed by atoms with Gasteiger partial charge in [-0.15, -0.1) is 0 Å². The zero-order chi connectivity index (χ0) is 27.0. The monoisotopic (exact) mass is 521 g/mol. The van der Waals surface area contributed by atoms with E-state index < -0.39 is 35.6 Å². The van der Waals surface area contributed by atoms with Crippen LogP contribution in [0.25, 0.3) is 6.08 Å². The Morgan fingerprint density at radius 2 is 1.92 bits per heavy atom. The number of cyclic esters (lactones) is 1. The summed E-state index contributed by atoms with van der Waals surface area (Å²) in [4.78, 5) is 26.2. The molecule has 1 aliphatic carbocycles. The summed E-state index contributed by atoms with van der Waals surface area (Å²) < 4.78 is 6.78. The first-order chi connectivity index (χ1) is 16.7. The van der Waals surface area contributed by atoms with Gasteiger partial charge in [0.2, 0.25) is 10.7 Å². The van der Waals surface area contributed by atoms with Crippen LogP contribution in [0.5, 0.6) is 0 Å². The van der Waals surface area contributed by atoms with E-state index in [9.17, 15) is 25.0 Å². The number of carbonyl (C=O) groups is 2. The molecule has 202 valence electrons. The minimum Gasteiger partial charge on any atom is -0.617 e. The molecule has 7 atom stereocenters. The number of thiazole rings is 1. The molecule has 36 heavy (non-hydrogen) atoms. The van der Waals surface area contributed by atoms with E-state index in [1.807, 2.05) is 13.8 Å². The number of Topliss-reactive ketones (excluding diaryl/α,β-unsaturated/α-hetero) is 1. The number of ether oxygens (including phenoxy) is 1. The van der Waals surface area contributed by atoms with E-state index in [1.54, 1.807) is 39.2 Å². The molecule has 1 saturated heterocycles. The zero-order valence-electron chi connectivity index (χ0n) is 22.7. The van der Waals surface area contributed by atoms with E-state index in [0.29, 0.717) is 23.0 Å². The molecule has 0 unspecified atom stereocenters. The second-order valence-corrected chi connectivity index (χ2v) is 13.1. The number of hydrogen-bond donors (Lipinski definition) is 2. The van der Waals surface area contributed by atoms with Gasteiger partial charge < -0.3 is 20.2 Å². The Bertz CT molecular complexity index is 1000. The van der Waals surface area contributed by atoms with Gasteiger partial charge in [0.25, 0.3) is 0 Å². The molecule has 0 aromatic carbocycles. The highest BCUT2D eigenvalue weighted by Crippen LogP contribution is 2.58. The number of aryl methyl sites for hydroxylation is 1. The van der Waals surface area contributed by atoms with Crippen LogP contribution in [-0.4, -0.2) is 40.3 Å². The van der Waals surface area contributed by atoms with Crippen molar-refractivity contribution >= 4 is 29.2 Å². The van der Waals surface area contributed by atoms with Gasteiger partial charge in [-0.2, -0.15) is 4.73 Å². The number of rotatable bonds is 2. The molecule has 1 aliphatic heterocycles. The molecule has 1 saturated carbocycles. The molecule has 0 spiro atoms. The Labute approximate surface area is 219 Å². The van der Waals surface area contributed by atoms with Crippen molar-refractivity contribution in [1.29, 1.82) is 0 Å². The fourth-order valence-corrected chi connectivity index (χ4v) is 6.28. The number of ketones is 1. The van der Waals surface area contributed by atoms with E-state index in [2.05, 4.69) is 6.92 Å². The highest BCUT2D eigenvalue weighted by Gasteiger charge is 2.50. The third-order valence-corrected chi connectivity index (χ3v) is 9.68. The fourth-order valence-electron chi connectivity index (χ4n) is 5.62. The second kappa shape index (κ2) is 10.9. The van der Waals surface area contributed by atoms with Crippen LogP contribution in [0.1, 0.15) is 90.8 Å². The van der Waals surface area contributed by atoms with Crippen LogP contribution in [0.4, 0.5) is 0 Å². The van der Waals surface area contributed by atoms with Gasteiger partial charge in [-0.3, -0.25) is 9.59 Å². The number of fused-ring (bicyclic) bond motifs is 1. The molecule has 2 aliphatic rings. The van der Waals surface area contributed by atoms with Crippen molar-refractivity contribution in [1.82, 2.24) is 0 Å². The summed E-state index contributed by atoms with van der Waals surface area (Å²) in [6, 6.07) is 0. The minimum absolute atomic E-state index is 0.0404. The molecule has 3 rings (SSSR count). The first-order valence-corrected chi connectivity index (χ1v) is 14.0. The van der Waals surface area contributed by atoms with Gasteiger partial charge in [-0.25, -0.2) is 0 Å². The predicted molar refractivity (Wildman–Crippen MR) is 140 cm³/mol. The van der Waals surface area contributed by atoms with Gasteiger partial charge in [0.15, 0.2) is 0 Å². The lowest BCUT2D eigenvalue weighted by Gasteiger charge is -2.34. The summed E-state index contributed by atoms with van der Waals surface area (Å²) in [7, 11) is 0. The minimum atomic E-state index is -1.24. The molecule has 7 nitrogen and oxygen atoms in total. The van der Waals surface area contributed by atoms with Gasteiger partial charge >= 0.3 is 5.97 Å². The molecular formula is C28H43NO6S. The maximum Gasteiger partial charge on any atom is 0.309 e. The third kappa shape index (κ3) is 6.20. The molecule has 0 bridgehead atoms. The van der Waals surface area contributed by atoms with E-state index in [-0.39, 0.29) is 23.5 Å². The van der Waals surface area contributed by atoms with Crippen molar-refractivity contribution in [2.24, 2.45) is 28.6 Å². The smallest absolute Gasteiger partial charge is 0.309 e. The summed E-state index contributed by atoms with van der Waals surface area (Å²) in [5, 5.41) is 36.5. The largest absolute Gasteiger partial charge is 0.617 e. The summed E-state index contributed by atoms with van der Waals surface area (Å²) in [6.45, 7) is 12.8. The lowest BCUT2D eigenvalue weighted by molar-refractivity contribution is -0.608. The predicted octanol–water partition coefficient (Wildman–Crippen LogP) is 4.58. The van der Waals surface area contributed by atoms with Crippen LogP contribution in [-0.2, 0) is 14.3 Å². The van der Waals surface area contributed by atoms with Gasteiger partial charge in [0, 0.05) is 18.9 Å². The highest BCUT2D eigenvalue weighted by atomic mass is 32.1. The standard InChI is InChI=1S/C28H43NO6S/c1-16-9-8-10-28(7)14-20(28)12-22(17(2)11-21-15-36-19(4)29(21)34)35-24(31)13-23(30)27(5,6)26(33)18(3)25(16)32/h11,15-16,18,20,22-23,25,30,32H,8-10,12-14H2,1-7H3/b17-11+/t16-,18+,20+,22-,23-,25-,28-/m0/s1. The van der Waals surface area contributed by atoms with Crippen LogP contribution in [0.15, 0.2) is 11.0 Å². The molecular weight excluding hydrogens is 478 g/mol. The number of aliphatic hydroxyl groups excluding tert-OH is 2. The van der Waals surface area contributed by atoms with Gasteiger partial charge in [-0.1, -0.05) is 52.4 Å². The zero-order valence-corrected chi connectivity index (χ0v) is 23.6. The summed E-state index contributed by atoms with van der Waals surface area (Å²) in [5.41, 5.74) is 0.238. The molecule has 0 radical (unpaired) electrons. The van der Waals surface area contributed by atoms with Crippen molar-refractivity contribution in [3.63, 3.8) is 0 Å². The van der Waals surface area contributed by atoms with Crippen molar-refractivity contribution in [3.8, 4) is 0 Å². The second-order valence-electron chi connectivity index (χ2n) is 12.1. The quantitative estimate of drug-likeness (QED) is 0.335. The Balaban J connectivity index is 1.88. The van der Waals surface area contributed by atoms with Crippen molar-refractivity contribution in [2.75, 3.05) is 0 Å². The van der Waals surface area contributed by atoms with Crippen molar-refractivity contribution < 1.29 is 29.3 Å². The first-order valence-electron chi connectivity index (χ1n) is 13.1. The highest BCUT2D eigenvalue weighted by molar-refractivity contribution is 7.09. The van der Waals surface area contributed by atoms with E-state index >= 15 is 0 Å². The number of aliphatic hydroxyl groups is 2. The maximum atomic E-state index is 13.2. The lowest BCUT2D eigenvalue weighted by Crippen LogP contribution is -2.45. The van der Waals surface area contributed by atoms with Gasteiger partial charge in [0.05, 0.1) is 29.4 Å². The van der Waals surface area contributed by atoms with Crippen LogP contribution >= 0.6 is 11.3 Å². The van der Waals surface area contributed by atoms with Crippen LogP contribution < -0.4 is 4.73 Å². The Kier molecular flexibility index (Phi) is 8.73. The number of nitrogens with zero attached hydrogens (tertiary/aromatic N) is 1. The SMILES string of the molecule is C/C(=C\c1csc(C)[n+]1[O-])[C@@H]1C[C@@H]2C[C@]2(C)CCC[C@H](C)[C@H](O)[C@@H](C)C(=O)C(C)(C)[C@@H](O)CC(=O)O1. The molecule has 2 fully saturated rings. The number of hydrogen-bond acceptors (Lipinski definition) is 7. The van der Waals surface area contributed by atoms with Gasteiger partial charge in [0.1, 0.15) is 11.9 Å². The normalized spacial score (nSPS) is 36.8. The van der Waals surface area contributed by atoms with E-state index in [1.165, 1.54) is 11.3 Å². The van der Waals surface area contributed by atoms with Crippen molar-refractivity contribution in [3.05, 3.63) is 26.9 Å². The summed E-state index contributed by atoms with van der Waals surface area (Å²) >= 11 is 1.37. The van der Waals surface area contributed by atoms with Crippen LogP contribution in [0, 0.1) is 40.7 Å². The number of esters is 1. The molecule has 0 amide bonds. The first kappa shape index (κ1) is 28.8. The molecule has 2 N–H and O–H groups in total. The molecule has 1 aromatic heterocycles. The molecule has 2 heterocycles. The van der Waals surface area contributed by atoms with E-state index in [4.69, 9.17) is 4.74 Å². The third-order valence-electron chi connectivity index (χ3n) is 8.81. The van der Waals surface area contributed by atoms with Crippen molar-refractivity contribution in [2.45, 2.75) is 105 Å². The fraction of sp³-hybridized carbons (Fsp3) is 0.750. The Morgan fingerprint density at radius 1 is 1.25 bits per heavy atom. The lowest BCUT2D eigenvalue weighted by atomic mass is 9.73. The summed E-state index contributed by atoms with van der Waals surface area (Å²) in [6.07, 6.45) is 3.38. The molecule has 8 heteroatoms. The maximum absolute atomic E-state index is 13.2. The van der Waals surface area contributed by atoms with Gasteiger partial charge in [-0.05, 0) is 55.4 Å². The topological polar surface area (TPSA) is 111 Å². The average Bonchev–Trinajstić information content (AvgIpc) is 3.34. The van der Waals surface area contributed by atoms with Crippen LogP contribution in [0.3, 0.4) is 0 Å². The van der Waals surface area contributed by atoms with Crippen LogP contribution in [0.2, 0.25) is 0 Å². The number of aromatic nitrogens is 1. The Morgan fingerprint density at radius 3 is 2.53 bits per heavy atom. The summed E-state index contributed by atoms with van der Waals surface area (Å²) in [5.74, 6) is -1.14. The number of carbonyl (C=O) groups excluding carboxylic acids is 2. The molecule has 1 aromatic rings. The van der Waals surface area contributed by atoms with E-state index in [0.717, 1.165) is 36.0 Å². The Hall–Kier alpha value is -1.77.